The Morgan fingerprint density at radius 1 is 0.892 bits per heavy atom. The van der Waals surface area contributed by atoms with E-state index in [1.165, 1.54) is 40.6 Å². The summed E-state index contributed by atoms with van der Waals surface area (Å²) in [5.41, 5.74) is 7.79. The molecule has 4 aromatic rings. The summed E-state index contributed by atoms with van der Waals surface area (Å²) in [5, 5.41) is 19.9. The molecule has 7 rings (SSSR count). The van der Waals surface area contributed by atoms with Crippen LogP contribution in [0.25, 0.3) is 22.3 Å². The van der Waals surface area contributed by atoms with Crippen LogP contribution in [-0.2, 0) is 74.8 Å². The van der Waals surface area contributed by atoms with Crippen LogP contribution in [0.4, 0.5) is 15.3 Å². The van der Waals surface area contributed by atoms with Crippen LogP contribution >= 0.6 is 11.8 Å². The van der Waals surface area contributed by atoms with Crippen molar-refractivity contribution in [2.75, 3.05) is 44.8 Å². The molecular formula is C59H75N9O14S. The number of anilines is 1. The molecule has 2 unspecified atom stereocenters. The minimum Gasteiger partial charge on any atom is -0.458 e. The van der Waals surface area contributed by atoms with E-state index < -0.39 is 64.7 Å². The lowest BCUT2D eigenvalue weighted by Crippen LogP contribution is -2.54. The summed E-state index contributed by atoms with van der Waals surface area (Å²) in [6.07, 6.45) is 2.49. The van der Waals surface area contributed by atoms with E-state index in [0.717, 1.165) is 35.1 Å². The van der Waals surface area contributed by atoms with E-state index in [0.29, 0.717) is 47.4 Å². The SMILES string of the molecule is CCCCSC1CC(=O)N(CCCC(=O)N[C@H](C(=O)N[C@@H](CCCCC(N)=O)C(=O)Nc2ccc(COC(=O)N(C)CCN(C)C(=O)Oc3ccc4nc5c(c(CC)c4c3)Cn3c-5cc4c(c3=O)COC(=O)C4(O)CC)cc2)C(C)C)C1=O. The van der Waals surface area contributed by atoms with Gasteiger partial charge in [-0.05, 0) is 97.7 Å². The standard InChI is InChI=1S/C59H75N9O14S/c1-8-11-27-83-46-30-49(71)67(55(46)75)24-14-17-48(70)64-50(34(4)5)53(73)63-44(15-12-13-16-47(60)69)52(72)61-36-20-18-35(19-21-36)32-81-57(77)65(6)25-26-66(7)58(78)82-37-22-23-43-39(28-37)38(9-2)40-31-68-45(51(40)62-43)29-42-41(54(68)74)33-80-56(76)59(42,79)10-3/h18-23,28-29,34,44,46,50,79H,8-17,24-27,30-33H2,1-7H3,(H2,60,69)(H,61,72)(H,63,73)(H,64,70)/t44-,46?,50-,59?/m0/s1. The number of nitrogens with zero attached hydrogens (tertiary/aromatic N) is 5. The number of carbonyl (C=O) groups is 9. The number of hydrogen-bond donors (Lipinski definition) is 5. The number of aromatic nitrogens is 2. The first-order valence-corrected chi connectivity index (χ1v) is 29.3. The lowest BCUT2D eigenvalue weighted by molar-refractivity contribution is -0.172. The van der Waals surface area contributed by atoms with Gasteiger partial charge in [-0.25, -0.2) is 19.4 Å². The van der Waals surface area contributed by atoms with Gasteiger partial charge in [-0.1, -0.05) is 59.6 Å². The molecule has 0 spiro atoms. The molecule has 0 aliphatic carbocycles. The number of esters is 1. The number of rotatable bonds is 27. The van der Waals surface area contributed by atoms with Crippen molar-refractivity contribution in [2.45, 2.75) is 148 Å². The number of benzene rings is 2. The third kappa shape index (κ3) is 14.9. The number of carbonyl (C=O) groups excluding carboxylic acids is 9. The van der Waals surface area contributed by atoms with Gasteiger partial charge >= 0.3 is 18.2 Å². The lowest BCUT2D eigenvalue weighted by atomic mass is 9.86. The molecule has 0 saturated carbocycles. The fourth-order valence-corrected chi connectivity index (χ4v) is 11.5. The zero-order valence-corrected chi connectivity index (χ0v) is 48.9. The number of unbranched alkanes of at least 4 members (excludes halogenated alkanes) is 2. The Morgan fingerprint density at radius 3 is 2.29 bits per heavy atom. The summed E-state index contributed by atoms with van der Waals surface area (Å²) in [6.45, 7) is 9.31. The maximum atomic E-state index is 13.8. The average molecular weight is 1170 g/mol. The molecule has 2 aromatic heterocycles. The maximum absolute atomic E-state index is 13.8. The number of imide groups is 1. The number of cyclic esters (lactones) is 1. The van der Waals surface area contributed by atoms with Crippen LogP contribution in [-0.4, -0.2) is 140 Å². The average Bonchev–Trinajstić information content (AvgIpc) is 4.19. The molecule has 2 aromatic carbocycles. The number of aliphatic hydroxyl groups is 1. The number of likely N-dealkylation sites (N-methyl/N-ethyl adjacent to an activating group) is 2. The number of nitrogens with one attached hydrogen (secondary N) is 3. The Morgan fingerprint density at radius 2 is 1.61 bits per heavy atom. The first kappa shape index (κ1) is 62.7. The minimum atomic E-state index is -1.95. The van der Waals surface area contributed by atoms with Gasteiger partial charge in [-0.3, -0.25) is 38.5 Å². The number of likely N-dealkylation sites (tertiary alicyclic amines) is 1. The normalized spacial score (nSPS) is 16.8. The van der Waals surface area contributed by atoms with E-state index in [9.17, 15) is 53.1 Å². The molecular weight excluding hydrogens is 1090 g/mol. The predicted molar refractivity (Wildman–Crippen MR) is 309 cm³/mol. The smallest absolute Gasteiger partial charge is 0.415 e. The summed E-state index contributed by atoms with van der Waals surface area (Å²) in [6, 6.07) is 11.1. The summed E-state index contributed by atoms with van der Waals surface area (Å²) in [7, 11) is 3.05. The summed E-state index contributed by atoms with van der Waals surface area (Å²) < 4.78 is 18.1. The van der Waals surface area contributed by atoms with Gasteiger partial charge in [0, 0.05) is 75.2 Å². The summed E-state index contributed by atoms with van der Waals surface area (Å²) in [5.74, 6) is -2.74. The van der Waals surface area contributed by atoms with Crippen LogP contribution in [0.15, 0.2) is 53.3 Å². The number of fused-ring (bicyclic) bond motifs is 5. The van der Waals surface area contributed by atoms with Crippen molar-refractivity contribution < 1.29 is 62.5 Å². The number of hydrogen-bond acceptors (Lipinski definition) is 16. The van der Waals surface area contributed by atoms with E-state index in [1.54, 1.807) is 73.9 Å². The van der Waals surface area contributed by atoms with E-state index >= 15 is 0 Å². The maximum Gasteiger partial charge on any atom is 0.415 e. The second-order valence-electron chi connectivity index (χ2n) is 21.5. The number of ether oxygens (including phenoxy) is 3. The molecule has 23 nitrogen and oxygen atoms in total. The number of thioether (sulfide) groups is 1. The van der Waals surface area contributed by atoms with Crippen LogP contribution in [0.5, 0.6) is 5.75 Å². The minimum absolute atomic E-state index is 0.0249. The lowest BCUT2D eigenvalue weighted by Gasteiger charge is -2.31. The van der Waals surface area contributed by atoms with Crippen LogP contribution in [0.2, 0.25) is 0 Å². The Hall–Kier alpha value is -7.86. The first-order chi connectivity index (χ1) is 39.6. The number of amides is 8. The summed E-state index contributed by atoms with van der Waals surface area (Å²) >= 11 is 1.48. The second-order valence-corrected chi connectivity index (χ2v) is 22.8. The molecule has 3 aliphatic rings. The molecule has 0 bridgehead atoms. The van der Waals surface area contributed by atoms with Gasteiger partial charge in [0.15, 0.2) is 5.60 Å². The third-order valence-electron chi connectivity index (χ3n) is 15.2. The first-order valence-electron chi connectivity index (χ1n) is 28.3. The highest BCUT2D eigenvalue weighted by Gasteiger charge is 2.46. The van der Waals surface area contributed by atoms with Crippen molar-refractivity contribution >= 4 is 82.0 Å². The molecule has 1 fully saturated rings. The molecule has 0 radical (unpaired) electrons. The van der Waals surface area contributed by atoms with Gasteiger partial charge in [0.2, 0.25) is 35.4 Å². The molecule has 3 aliphatic heterocycles. The van der Waals surface area contributed by atoms with E-state index in [1.807, 2.05) is 6.92 Å². The van der Waals surface area contributed by atoms with Gasteiger partial charge in [-0.2, -0.15) is 0 Å². The topological polar surface area (TPSA) is 308 Å². The van der Waals surface area contributed by atoms with Crippen molar-refractivity contribution in [2.24, 2.45) is 11.7 Å². The Kier molecular flexibility index (Phi) is 21.1. The molecule has 83 heavy (non-hydrogen) atoms. The van der Waals surface area contributed by atoms with Crippen LogP contribution in [0, 0.1) is 5.92 Å². The monoisotopic (exact) mass is 1170 g/mol. The molecule has 1 saturated heterocycles. The van der Waals surface area contributed by atoms with Crippen molar-refractivity contribution in [1.82, 2.24) is 34.9 Å². The Balaban J connectivity index is 0.878. The van der Waals surface area contributed by atoms with Crippen LogP contribution < -0.4 is 32.0 Å². The predicted octanol–water partition coefficient (Wildman–Crippen LogP) is 5.39. The van der Waals surface area contributed by atoms with Crippen LogP contribution in [0.3, 0.4) is 0 Å². The van der Waals surface area contributed by atoms with Crippen molar-refractivity contribution in [3.05, 3.63) is 86.7 Å². The quantitative estimate of drug-likeness (QED) is 0.0250. The molecule has 6 N–H and O–H groups in total. The summed E-state index contributed by atoms with van der Waals surface area (Å²) in [4.78, 5) is 139. The van der Waals surface area contributed by atoms with Crippen LogP contribution in [0.1, 0.15) is 127 Å². The molecule has 5 heterocycles. The highest BCUT2D eigenvalue weighted by molar-refractivity contribution is 8.00. The van der Waals surface area contributed by atoms with Gasteiger partial charge in [0.25, 0.3) is 5.56 Å². The Bertz CT molecular complexity index is 3200. The molecule has 8 amide bonds. The van der Waals surface area contributed by atoms with E-state index in [4.69, 9.17) is 24.9 Å². The van der Waals surface area contributed by atoms with Gasteiger partial charge in [0.05, 0.1) is 34.3 Å². The second kappa shape index (κ2) is 27.9. The zero-order chi connectivity index (χ0) is 60.3. The Labute approximate surface area is 485 Å². The fraction of sp³-hybridized carbons (Fsp3) is 0.508. The number of nitrogens with two attached hydrogens (primary N) is 1. The molecule has 446 valence electrons. The largest absolute Gasteiger partial charge is 0.458 e. The molecule has 4 atom stereocenters. The van der Waals surface area contributed by atoms with Crippen molar-refractivity contribution in [3.63, 3.8) is 0 Å². The highest BCUT2D eigenvalue weighted by atomic mass is 32.2. The third-order valence-corrected chi connectivity index (χ3v) is 16.5. The number of pyridine rings is 2. The van der Waals surface area contributed by atoms with E-state index in [2.05, 4.69) is 22.9 Å². The van der Waals surface area contributed by atoms with Crippen molar-refractivity contribution in [3.8, 4) is 17.1 Å². The number of aryl methyl sites for hydroxylation is 1. The zero-order valence-electron chi connectivity index (χ0n) is 48.1. The number of primary amides is 1. The van der Waals surface area contributed by atoms with Gasteiger partial charge in [-0.15, -0.1) is 11.8 Å². The van der Waals surface area contributed by atoms with Gasteiger partial charge < -0.3 is 55.4 Å². The van der Waals surface area contributed by atoms with E-state index in [-0.39, 0.29) is 118 Å². The van der Waals surface area contributed by atoms with Crippen molar-refractivity contribution in [1.29, 1.82) is 0 Å². The highest BCUT2D eigenvalue weighted by Crippen LogP contribution is 2.41. The fourth-order valence-electron chi connectivity index (χ4n) is 10.2. The molecule has 24 heteroatoms. The van der Waals surface area contributed by atoms with Gasteiger partial charge in [0.1, 0.15) is 31.0 Å².